The first-order valence-electron chi connectivity index (χ1n) is 9.83. The van der Waals surface area contributed by atoms with Gasteiger partial charge in [-0.3, -0.25) is 9.63 Å². The lowest BCUT2D eigenvalue weighted by molar-refractivity contribution is -0.0753. The molecule has 0 bridgehead atoms. The summed E-state index contributed by atoms with van der Waals surface area (Å²) in [6, 6.07) is 13.9. The van der Waals surface area contributed by atoms with E-state index >= 15 is 0 Å². The Balaban J connectivity index is 1.96. The Kier molecular flexibility index (Phi) is 7.58. The molecule has 0 aliphatic carbocycles. The molecule has 7 nitrogen and oxygen atoms in total. The predicted octanol–water partition coefficient (Wildman–Crippen LogP) is 4.96. The molecule has 0 N–H and O–H groups in total. The molecule has 0 fully saturated rings. The van der Waals surface area contributed by atoms with Crippen molar-refractivity contribution in [3.8, 4) is 21.6 Å². The molecule has 33 heavy (non-hydrogen) atoms. The molecule has 0 aliphatic heterocycles. The number of amides is 1. The summed E-state index contributed by atoms with van der Waals surface area (Å²) in [4.78, 5) is 20.6. The van der Waals surface area contributed by atoms with E-state index in [0.717, 1.165) is 27.1 Å². The van der Waals surface area contributed by atoms with Gasteiger partial charge in [0.1, 0.15) is 6.34 Å². The van der Waals surface area contributed by atoms with Crippen molar-refractivity contribution < 1.29 is 18.0 Å². The van der Waals surface area contributed by atoms with Crippen LogP contribution in [-0.4, -0.2) is 58.9 Å². The first-order valence-corrected chi connectivity index (χ1v) is 12.5. The van der Waals surface area contributed by atoms with Gasteiger partial charge in [-0.25, -0.2) is 5.06 Å². The number of hydrogen-bond donors (Lipinski definition) is 0. The summed E-state index contributed by atoms with van der Waals surface area (Å²) in [5.74, 6) is -0.222. The lowest BCUT2D eigenvalue weighted by atomic mass is 10.0. The SMILES string of the molecule is CON(C)C(=O)c1cc(C)c(-c2ccc(Cl)c(-c3ccc(S(=O)(=O)/N=C/N(C)C)cc3)c2)s1. The summed E-state index contributed by atoms with van der Waals surface area (Å²) < 4.78 is 28.4. The molecule has 3 rings (SSSR count). The van der Waals surface area contributed by atoms with Crippen LogP contribution in [0.2, 0.25) is 5.02 Å². The van der Waals surface area contributed by atoms with Gasteiger partial charge in [0.15, 0.2) is 0 Å². The Labute approximate surface area is 202 Å². The van der Waals surface area contributed by atoms with E-state index in [2.05, 4.69) is 4.40 Å². The van der Waals surface area contributed by atoms with E-state index in [0.29, 0.717) is 9.90 Å². The monoisotopic (exact) mass is 505 g/mol. The molecular weight excluding hydrogens is 482 g/mol. The summed E-state index contributed by atoms with van der Waals surface area (Å²) in [6.07, 6.45) is 1.25. The van der Waals surface area contributed by atoms with E-state index in [-0.39, 0.29) is 10.8 Å². The minimum Gasteiger partial charge on any atom is -0.368 e. The summed E-state index contributed by atoms with van der Waals surface area (Å²) in [6.45, 7) is 1.94. The molecule has 0 atom stereocenters. The van der Waals surface area contributed by atoms with Crippen LogP contribution >= 0.6 is 22.9 Å². The van der Waals surface area contributed by atoms with Crippen molar-refractivity contribution in [2.75, 3.05) is 28.3 Å². The highest BCUT2D eigenvalue weighted by Crippen LogP contribution is 2.38. The van der Waals surface area contributed by atoms with Gasteiger partial charge in [0, 0.05) is 36.6 Å². The highest BCUT2D eigenvalue weighted by atomic mass is 35.5. The van der Waals surface area contributed by atoms with Gasteiger partial charge < -0.3 is 4.90 Å². The lowest BCUT2D eigenvalue weighted by Gasteiger charge is -2.11. The van der Waals surface area contributed by atoms with E-state index in [4.69, 9.17) is 16.4 Å². The zero-order valence-electron chi connectivity index (χ0n) is 18.9. The topological polar surface area (TPSA) is 79.3 Å². The molecule has 0 radical (unpaired) electrons. The van der Waals surface area contributed by atoms with Crippen molar-refractivity contribution >= 4 is 45.2 Å². The Morgan fingerprint density at radius 3 is 2.30 bits per heavy atom. The van der Waals surface area contributed by atoms with E-state index in [1.54, 1.807) is 44.2 Å². The van der Waals surface area contributed by atoms with Gasteiger partial charge in [0.05, 0.1) is 16.9 Å². The van der Waals surface area contributed by atoms with E-state index in [1.165, 1.54) is 42.0 Å². The normalized spacial score (nSPS) is 11.7. The maximum Gasteiger partial charge on any atom is 0.287 e. The minimum absolute atomic E-state index is 0.0937. The maximum atomic E-state index is 12.4. The van der Waals surface area contributed by atoms with Gasteiger partial charge in [-0.1, -0.05) is 29.8 Å². The molecule has 1 amide bonds. The highest BCUT2D eigenvalue weighted by Gasteiger charge is 2.18. The van der Waals surface area contributed by atoms with Crippen LogP contribution in [0.5, 0.6) is 0 Å². The van der Waals surface area contributed by atoms with Gasteiger partial charge in [-0.2, -0.15) is 8.42 Å². The number of hydroxylamine groups is 2. The zero-order valence-corrected chi connectivity index (χ0v) is 21.3. The van der Waals surface area contributed by atoms with Crippen LogP contribution in [0.1, 0.15) is 15.2 Å². The van der Waals surface area contributed by atoms with Crippen molar-refractivity contribution in [1.29, 1.82) is 0 Å². The third-order valence-corrected chi connectivity index (χ3v) is 7.64. The summed E-state index contributed by atoms with van der Waals surface area (Å²) in [5, 5.41) is 1.71. The van der Waals surface area contributed by atoms with Crippen LogP contribution in [0.4, 0.5) is 0 Å². The zero-order chi connectivity index (χ0) is 24.3. The maximum absolute atomic E-state index is 12.4. The largest absolute Gasteiger partial charge is 0.368 e. The van der Waals surface area contributed by atoms with Crippen molar-refractivity contribution in [3.63, 3.8) is 0 Å². The molecule has 1 heterocycles. The fraction of sp³-hybridized carbons (Fsp3) is 0.217. The molecule has 0 saturated heterocycles. The number of nitrogens with zero attached hydrogens (tertiary/aromatic N) is 3. The number of carbonyl (C=O) groups excluding carboxylic acids is 1. The Morgan fingerprint density at radius 1 is 1.06 bits per heavy atom. The van der Waals surface area contributed by atoms with Crippen LogP contribution < -0.4 is 0 Å². The number of aryl methyl sites for hydroxylation is 1. The fourth-order valence-corrected chi connectivity index (χ4v) is 5.30. The van der Waals surface area contributed by atoms with E-state index in [1.807, 2.05) is 25.1 Å². The third kappa shape index (κ3) is 5.62. The number of benzene rings is 2. The lowest BCUT2D eigenvalue weighted by Crippen LogP contribution is -2.24. The Morgan fingerprint density at radius 2 is 1.70 bits per heavy atom. The van der Waals surface area contributed by atoms with Gasteiger partial charge >= 0.3 is 0 Å². The van der Waals surface area contributed by atoms with Crippen LogP contribution in [0.25, 0.3) is 21.6 Å². The van der Waals surface area contributed by atoms with Gasteiger partial charge in [0.25, 0.3) is 15.9 Å². The van der Waals surface area contributed by atoms with Gasteiger partial charge in [-0.15, -0.1) is 15.7 Å². The molecule has 0 saturated carbocycles. The van der Waals surface area contributed by atoms with Crippen LogP contribution in [0.15, 0.2) is 57.8 Å². The van der Waals surface area contributed by atoms with Crippen molar-refractivity contribution in [1.82, 2.24) is 9.96 Å². The molecule has 2 aromatic carbocycles. The number of sulfonamides is 1. The molecule has 174 valence electrons. The molecule has 3 aromatic rings. The molecule has 0 spiro atoms. The predicted molar refractivity (Wildman–Crippen MR) is 133 cm³/mol. The smallest absolute Gasteiger partial charge is 0.287 e. The van der Waals surface area contributed by atoms with E-state index in [9.17, 15) is 13.2 Å². The minimum atomic E-state index is -3.79. The number of carbonyl (C=O) groups is 1. The summed E-state index contributed by atoms with van der Waals surface area (Å²) in [7, 11) is 2.61. The quantitative estimate of drug-likeness (QED) is 0.258. The van der Waals surface area contributed by atoms with Crippen molar-refractivity contribution in [3.05, 3.63) is 64.0 Å². The molecule has 10 heteroatoms. The Hall–Kier alpha value is -2.72. The van der Waals surface area contributed by atoms with Gasteiger partial charge in [-0.05, 0) is 53.9 Å². The number of hydrogen-bond acceptors (Lipinski definition) is 5. The second kappa shape index (κ2) is 10.0. The summed E-state index contributed by atoms with van der Waals surface area (Å²) >= 11 is 7.84. The van der Waals surface area contributed by atoms with Crippen molar-refractivity contribution in [2.24, 2.45) is 4.40 Å². The molecule has 1 aromatic heterocycles. The standard InChI is InChI=1S/C23H24ClN3O4S2/c1-15-12-21(23(28)27(4)31-5)32-22(15)17-8-11-20(24)19(13-17)16-6-9-18(10-7-16)33(29,30)25-14-26(2)3/h6-14H,1-5H3/b25-14+. The van der Waals surface area contributed by atoms with E-state index < -0.39 is 10.0 Å². The molecule has 0 unspecified atom stereocenters. The van der Waals surface area contributed by atoms with Gasteiger partial charge in [0.2, 0.25) is 0 Å². The summed E-state index contributed by atoms with van der Waals surface area (Å²) in [5.41, 5.74) is 3.39. The highest BCUT2D eigenvalue weighted by molar-refractivity contribution is 7.90. The number of rotatable bonds is 7. The van der Waals surface area contributed by atoms with Crippen molar-refractivity contribution in [2.45, 2.75) is 11.8 Å². The van der Waals surface area contributed by atoms with Crippen LogP contribution in [0, 0.1) is 6.92 Å². The average molecular weight is 506 g/mol. The number of halogens is 1. The fourth-order valence-electron chi connectivity index (χ4n) is 3.02. The number of thiophene rings is 1. The van der Waals surface area contributed by atoms with Crippen LogP contribution in [0.3, 0.4) is 0 Å². The molecular formula is C23H24ClN3O4S2. The average Bonchev–Trinajstić information content (AvgIpc) is 3.18. The Bertz CT molecular complexity index is 1300. The molecule has 0 aliphatic rings. The van der Waals surface area contributed by atoms with Crippen LogP contribution in [-0.2, 0) is 14.9 Å². The first kappa shape index (κ1) is 24.9. The third-order valence-electron chi connectivity index (χ3n) is 4.80. The first-order chi connectivity index (χ1) is 15.5. The second-order valence-electron chi connectivity index (χ2n) is 7.49. The second-order valence-corrected chi connectivity index (χ2v) is 10.6.